The minimum Gasteiger partial charge on any atom is -0.342 e. The zero-order valence-electron chi connectivity index (χ0n) is 18.8. The number of benzene rings is 1. The van der Waals surface area contributed by atoms with Gasteiger partial charge in [0.2, 0.25) is 5.91 Å². The summed E-state index contributed by atoms with van der Waals surface area (Å²) in [5.74, 6) is 5.98. The number of nitrogens with two attached hydrogens (primary N) is 1. The molecule has 8 nitrogen and oxygen atoms in total. The van der Waals surface area contributed by atoms with Gasteiger partial charge < -0.3 is 26.4 Å². The van der Waals surface area contributed by atoms with Crippen molar-refractivity contribution in [1.29, 1.82) is 5.41 Å². The molecule has 0 bridgehead atoms. The lowest BCUT2D eigenvalue weighted by atomic mass is 9.84. The van der Waals surface area contributed by atoms with E-state index in [-0.39, 0.29) is 24.2 Å². The summed E-state index contributed by atoms with van der Waals surface area (Å²) in [5.41, 5.74) is 0.715. The molecule has 0 saturated carbocycles. The number of hydrogen-bond donors (Lipinski definition) is 3. The van der Waals surface area contributed by atoms with Crippen LogP contribution in [-0.2, 0) is 11.2 Å². The van der Waals surface area contributed by atoms with Crippen LogP contribution in [0.5, 0.6) is 0 Å². The van der Waals surface area contributed by atoms with E-state index < -0.39 is 5.41 Å². The Balaban J connectivity index is 1.53. The molecule has 3 amide bonds. The number of carbonyl (C=O) groups is 2. The molecule has 9 heteroatoms. The smallest absolute Gasteiger partial charge is 0.317 e. The van der Waals surface area contributed by atoms with Gasteiger partial charge in [-0.1, -0.05) is 37.6 Å². The van der Waals surface area contributed by atoms with E-state index in [9.17, 15) is 9.59 Å². The highest BCUT2D eigenvalue weighted by Crippen LogP contribution is 2.34. The zero-order chi connectivity index (χ0) is 23.3. The molecule has 1 aromatic rings. The van der Waals surface area contributed by atoms with E-state index in [0.29, 0.717) is 49.5 Å². The Kier molecular flexibility index (Phi) is 7.77. The molecule has 2 heterocycles. The second kappa shape index (κ2) is 10.3. The standard InChI is InChI=1S/C23H33ClN6O2/c1-23(2,11-16-4-3-5-19(24)10-16)21(31)29-8-6-17-14-30(15-18(17)7-9-29)22(32)27-12-20(25)13-28-26/h3-5,10,13,17-18,25H,6-9,11-12,14-15,26H2,1-2H3,(H,27,32). The molecule has 0 aromatic heterocycles. The van der Waals surface area contributed by atoms with Crippen molar-refractivity contribution in [3.05, 3.63) is 34.9 Å². The van der Waals surface area contributed by atoms with Gasteiger partial charge >= 0.3 is 6.03 Å². The molecule has 2 atom stereocenters. The van der Waals surface area contributed by atoms with E-state index >= 15 is 0 Å². The first-order valence-electron chi connectivity index (χ1n) is 11.1. The van der Waals surface area contributed by atoms with Crippen molar-refractivity contribution in [2.24, 2.45) is 28.2 Å². The minimum atomic E-state index is -0.507. The van der Waals surface area contributed by atoms with Crippen LogP contribution in [0.4, 0.5) is 4.79 Å². The van der Waals surface area contributed by atoms with E-state index in [1.54, 1.807) is 0 Å². The van der Waals surface area contributed by atoms with Gasteiger partial charge in [0.25, 0.3) is 0 Å². The predicted octanol–water partition coefficient (Wildman–Crippen LogP) is 2.75. The number of amides is 3. The normalized spacial score (nSPS) is 21.3. The number of likely N-dealkylation sites (tertiary alicyclic amines) is 2. The Bertz CT molecular complexity index is 871. The predicted molar refractivity (Wildman–Crippen MR) is 127 cm³/mol. The quantitative estimate of drug-likeness (QED) is 0.344. The summed E-state index contributed by atoms with van der Waals surface area (Å²) >= 11 is 6.11. The summed E-state index contributed by atoms with van der Waals surface area (Å²) in [6, 6.07) is 7.53. The summed E-state index contributed by atoms with van der Waals surface area (Å²) in [6.45, 7) is 6.90. The van der Waals surface area contributed by atoms with Gasteiger partial charge in [-0.05, 0) is 48.8 Å². The van der Waals surface area contributed by atoms with Crippen molar-refractivity contribution < 1.29 is 9.59 Å². The highest BCUT2D eigenvalue weighted by Gasteiger charge is 2.39. The molecule has 0 spiro atoms. The van der Waals surface area contributed by atoms with E-state index in [4.69, 9.17) is 22.9 Å². The fourth-order valence-electron chi connectivity index (χ4n) is 4.80. The molecule has 2 unspecified atom stereocenters. The number of carbonyl (C=O) groups excluding carboxylic acids is 2. The number of halogens is 1. The van der Waals surface area contributed by atoms with Gasteiger partial charge in [-0.2, -0.15) is 5.10 Å². The number of urea groups is 1. The lowest BCUT2D eigenvalue weighted by Crippen LogP contribution is -2.43. The summed E-state index contributed by atoms with van der Waals surface area (Å²) in [5, 5.41) is 14.4. The van der Waals surface area contributed by atoms with E-state index in [1.165, 1.54) is 6.21 Å². The Labute approximate surface area is 194 Å². The average Bonchev–Trinajstić information content (AvgIpc) is 3.05. The van der Waals surface area contributed by atoms with Crippen molar-refractivity contribution >= 4 is 35.5 Å². The zero-order valence-corrected chi connectivity index (χ0v) is 19.6. The first kappa shape index (κ1) is 24.0. The molecular weight excluding hydrogens is 428 g/mol. The van der Waals surface area contributed by atoms with E-state index in [2.05, 4.69) is 10.4 Å². The van der Waals surface area contributed by atoms with Crippen LogP contribution in [0.2, 0.25) is 5.02 Å². The average molecular weight is 461 g/mol. The summed E-state index contributed by atoms with van der Waals surface area (Å²) < 4.78 is 0. The van der Waals surface area contributed by atoms with Crippen LogP contribution in [0.25, 0.3) is 0 Å². The van der Waals surface area contributed by atoms with Gasteiger partial charge in [0.15, 0.2) is 0 Å². The Morgan fingerprint density at radius 3 is 2.50 bits per heavy atom. The maximum absolute atomic E-state index is 13.3. The van der Waals surface area contributed by atoms with Gasteiger partial charge in [-0.15, -0.1) is 0 Å². The van der Waals surface area contributed by atoms with Crippen LogP contribution in [0, 0.1) is 22.7 Å². The van der Waals surface area contributed by atoms with Crippen molar-refractivity contribution in [1.82, 2.24) is 15.1 Å². The van der Waals surface area contributed by atoms with Crippen LogP contribution >= 0.6 is 11.6 Å². The van der Waals surface area contributed by atoms with Crippen LogP contribution < -0.4 is 11.2 Å². The summed E-state index contributed by atoms with van der Waals surface area (Å²) in [4.78, 5) is 29.6. The van der Waals surface area contributed by atoms with Crippen molar-refractivity contribution in [2.75, 3.05) is 32.7 Å². The molecule has 2 fully saturated rings. The van der Waals surface area contributed by atoms with Crippen molar-refractivity contribution in [2.45, 2.75) is 33.1 Å². The fraction of sp³-hybridized carbons (Fsp3) is 0.565. The lowest BCUT2D eigenvalue weighted by molar-refractivity contribution is -0.140. The first-order valence-corrected chi connectivity index (χ1v) is 11.4. The topological polar surface area (TPSA) is 115 Å². The highest BCUT2D eigenvalue weighted by molar-refractivity contribution is 6.30. The largest absolute Gasteiger partial charge is 0.342 e. The van der Waals surface area contributed by atoms with E-state index in [0.717, 1.165) is 18.4 Å². The molecule has 0 aliphatic carbocycles. The number of nitrogens with zero attached hydrogens (tertiary/aromatic N) is 3. The monoisotopic (exact) mass is 460 g/mol. The van der Waals surface area contributed by atoms with Gasteiger partial charge in [0.1, 0.15) is 0 Å². The van der Waals surface area contributed by atoms with Gasteiger partial charge in [-0.25, -0.2) is 4.79 Å². The van der Waals surface area contributed by atoms with Gasteiger partial charge in [0, 0.05) is 36.6 Å². The molecule has 174 valence electrons. The number of rotatable bonds is 6. The third-order valence-electron chi connectivity index (χ3n) is 6.46. The van der Waals surface area contributed by atoms with E-state index in [1.807, 2.05) is 47.9 Å². The van der Waals surface area contributed by atoms with Crippen LogP contribution in [0.3, 0.4) is 0 Å². The lowest BCUT2D eigenvalue weighted by Gasteiger charge is -2.32. The molecule has 0 radical (unpaired) electrons. The number of fused-ring (bicyclic) bond motifs is 1. The molecule has 2 aliphatic heterocycles. The molecular formula is C23H33ClN6O2. The van der Waals surface area contributed by atoms with Gasteiger partial charge in [0.05, 0.1) is 18.5 Å². The number of nitrogens with one attached hydrogen (secondary N) is 2. The number of hydrogen-bond acceptors (Lipinski definition) is 5. The third-order valence-corrected chi connectivity index (χ3v) is 6.70. The van der Waals surface area contributed by atoms with Crippen LogP contribution in [-0.4, -0.2) is 66.4 Å². The van der Waals surface area contributed by atoms with Gasteiger partial charge in [-0.3, -0.25) is 4.79 Å². The second-order valence-electron chi connectivity index (χ2n) is 9.45. The molecule has 32 heavy (non-hydrogen) atoms. The SMILES string of the molecule is CC(C)(Cc1cccc(Cl)c1)C(=O)N1CCC2CN(C(=O)NCC(=N)C=NN)CC2CC1. The fourth-order valence-corrected chi connectivity index (χ4v) is 5.01. The maximum Gasteiger partial charge on any atom is 0.317 e. The van der Waals surface area contributed by atoms with Crippen LogP contribution in [0.15, 0.2) is 29.4 Å². The molecule has 2 saturated heterocycles. The second-order valence-corrected chi connectivity index (χ2v) is 9.88. The Morgan fingerprint density at radius 2 is 1.91 bits per heavy atom. The molecule has 3 rings (SSSR count). The summed E-state index contributed by atoms with van der Waals surface area (Å²) in [7, 11) is 0. The molecule has 1 aromatic carbocycles. The first-order chi connectivity index (χ1) is 15.2. The summed E-state index contributed by atoms with van der Waals surface area (Å²) in [6.07, 6.45) is 3.65. The van der Waals surface area contributed by atoms with Crippen LogP contribution in [0.1, 0.15) is 32.3 Å². The van der Waals surface area contributed by atoms with Crippen molar-refractivity contribution in [3.63, 3.8) is 0 Å². The Morgan fingerprint density at radius 1 is 1.25 bits per heavy atom. The minimum absolute atomic E-state index is 0.107. The number of hydrazone groups is 1. The maximum atomic E-state index is 13.3. The highest BCUT2D eigenvalue weighted by atomic mass is 35.5. The molecule has 4 N–H and O–H groups in total. The molecule has 2 aliphatic rings. The third kappa shape index (κ3) is 6.00. The Hall–Kier alpha value is -2.61. The van der Waals surface area contributed by atoms with Crippen molar-refractivity contribution in [3.8, 4) is 0 Å².